The molecule has 3 aliphatic rings. The summed E-state index contributed by atoms with van der Waals surface area (Å²) in [5, 5.41) is 13.9. The van der Waals surface area contributed by atoms with Gasteiger partial charge in [-0.05, 0) is 49.4 Å². The summed E-state index contributed by atoms with van der Waals surface area (Å²) in [5.41, 5.74) is 4.27. The lowest BCUT2D eigenvalue weighted by molar-refractivity contribution is -0.151. The highest BCUT2D eigenvalue weighted by atomic mass is 16.5. The van der Waals surface area contributed by atoms with Crippen molar-refractivity contribution in [3.05, 3.63) is 101 Å². The van der Waals surface area contributed by atoms with E-state index in [0.29, 0.717) is 18.9 Å². The van der Waals surface area contributed by atoms with Gasteiger partial charge in [0.05, 0.1) is 12.6 Å². The van der Waals surface area contributed by atoms with Crippen LogP contribution in [-0.2, 0) is 16.9 Å². The van der Waals surface area contributed by atoms with Crippen molar-refractivity contribution in [3.63, 3.8) is 0 Å². The van der Waals surface area contributed by atoms with Crippen molar-refractivity contribution >= 4 is 5.97 Å². The van der Waals surface area contributed by atoms with E-state index in [1.807, 2.05) is 6.07 Å². The largest absolute Gasteiger partial charge is 0.496 e. The van der Waals surface area contributed by atoms with E-state index in [1.165, 1.54) is 16.7 Å². The first-order chi connectivity index (χ1) is 17.0. The van der Waals surface area contributed by atoms with Gasteiger partial charge >= 0.3 is 5.97 Å². The van der Waals surface area contributed by atoms with Crippen LogP contribution in [0.25, 0.3) is 0 Å². The number of carbonyl (C=O) groups is 1. The van der Waals surface area contributed by atoms with Crippen LogP contribution in [0.4, 0.5) is 0 Å². The predicted molar refractivity (Wildman–Crippen MR) is 137 cm³/mol. The number of rotatable bonds is 8. The van der Waals surface area contributed by atoms with Crippen LogP contribution in [0.3, 0.4) is 0 Å². The number of nitrogens with one attached hydrogen (secondary N) is 1. The molecule has 3 heterocycles. The molecule has 3 saturated heterocycles. The Labute approximate surface area is 207 Å². The lowest BCUT2D eigenvalue weighted by Gasteiger charge is -2.55. The first-order valence-corrected chi connectivity index (χ1v) is 12.5. The fraction of sp³-hybridized carbons (Fsp3) is 0.367. The maximum absolute atomic E-state index is 12.0. The van der Waals surface area contributed by atoms with E-state index in [4.69, 9.17) is 4.74 Å². The molecule has 5 nitrogen and oxygen atoms in total. The number of piperidine rings is 3. The number of carboxylic acids is 1. The summed E-state index contributed by atoms with van der Waals surface area (Å²) in [6.45, 7) is 4.34. The monoisotopic (exact) mass is 470 g/mol. The maximum atomic E-state index is 12.0. The fourth-order valence-electron chi connectivity index (χ4n) is 6.39. The number of ether oxygens (including phenoxy) is 1. The second kappa shape index (κ2) is 9.84. The molecule has 0 radical (unpaired) electrons. The summed E-state index contributed by atoms with van der Waals surface area (Å²) >= 11 is 0. The molecule has 5 heteroatoms. The summed E-state index contributed by atoms with van der Waals surface area (Å²) in [5.74, 6) is 0.717. The Hall–Kier alpha value is -3.15. The topological polar surface area (TPSA) is 61.8 Å². The zero-order valence-corrected chi connectivity index (χ0v) is 20.5. The van der Waals surface area contributed by atoms with Crippen LogP contribution in [0.2, 0.25) is 0 Å². The fourth-order valence-corrected chi connectivity index (χ4v) is 6.39. The highest BCUT2D eigenvalue weighted by Gasteiger charge is 2.53. The third-order valence-electron chi connectivity index (χ3n) is 8.05. The van der Waals surface area contributed by atoms with Crippen LogP contribution in [-0.4, -0.2) is 42.2 Å². The third-order valence-corrected chi connectivity index (χ3v) is 8.05. The maximum Gasteiger partial charge on any atom is 0.320 e. The molecule has 182 valence electrons. The Morgan fingerprint density at radius 3 is 2.26 bits per heavy atom. The zero-order valence-electron chi connectivity index (χ0n) is 20.5. The van der Waals surface area contributed by atoms with E-state index >= 15 is 0 Å². The van der Waals surface area contributed by atoms with E-state index < -0.39 is 11.5 Å². The van der Waals surface area contributed by atoms with Crippen molar-refractivity contribution in [1.29, 1.82) is 0 Å². The lowest BCUT2D eigenvalue weighted by atomic mass is 9.62. The Kier molecular flexibility index (Phi) is 6.63. The predicted octanol–water partition coefficient (Wildman–Crippen LogP) is 4.83. The first kappa shape index (κ1) is 23.6. The molecule has 4 atom stereocenters. The van der Waals surface area contributed by atoms with Crippen LogP contribution in [0.15, 0.2) is 78.9 Å². The van der Waals surface area contributed by atoms with E-state index in [-0.39, 0.29) is 12.0 Å². The van der Waals surface area contributed by atoms with Crippen molar-refractivity contribution in [1.82, 2.24) is 10.2 Å². The number of hydrogen-bond donors (Lipinski definition) is 2. The Bertz CT molecular complexity index is 1130. The number of aliphatic carboxylic acids is 1. The molecule has 35 heavy (non-hydrogen) atoms. The molecule has 2 N–H and O–H groups in total. The molecule has 2 unspecified atom stereocenters. The van der Waals surface area contributed by atoms with E-state index in [2.05, 4.69) is 89.9 Å². The van der Waals surface area contributed by atoms with Gasteiger partial charge in [0.1, 0.15) is 11.8 Å². The van der Waals surface area contributed by atoms with Crippen molar-refractivity contribution < 1.29 is 14.6 Å². The van der Waals surface area contributed by atoms with Gasteiger partial charge in [-0.1, -0.05) is 78.4 Å². The number of aryl methyl sites for hydroxylation is 1. The number of hydrogen-bond acceptors (Lipinski definition) is 4. The molecule has 0 aliphatic carbocycles. The number of carboxylic acid groups (broad SMARTS) is 1. The smallest absolute Gasteiger partial charge is 0.320 e. The minimum absolute atomic E-state index is 0.229. The number of benzene rings is 3. The molecule has 2 bridgehead atoms. The summed E-state index contributed by atoms with van der Waals surface area (Å²) in [7, 11) is 1.72. The average Bonchev–Trinajstić information content (AvgIpc) is 2.91. The summed E-state index contributed by atoms with van der Waals surface area (Å²) in [6.07, 6.45) is 1.71. The summed E-state index contributed by atoms with van der Waals surface area (Å²) in [6, 6.07) is 27.3. The Morgan fingerprint density at radius 1 is 1.06 bits per heavy atom. The SMILES string of the molecule is COc1ccc(C)cc1CNC(c1ccccc1)(c1ccccc1)[C@@H]1CN2CC[C@H]1CC2C(=O)O. The van der Waals surface area contributed by atoms with Gasteiger partial charge in [-0.15, -0.1) is 0 Å². The van der Waals surface area contributed by atoms with Gasteiger partial charge < -0.3 is 9.84 Å². The van der Waals surface area contributed by atoms with Crippen LogP contribution in [0.1, 0.15) is 35.1 Å². The van der Waals surface area contributed by atoms with Crippen LogP contribution >= 0.6 is 0 Å². The van der Waals surface area contributed by atoms with Crippen molar-refractivity contribution in [3.8, 4) is 5.75 Å². The Morgan fingerprint density at radius 2 is 1.71 bits per heavy atom. The first-order valence-electron chi connectivity index (χ1n) is 12.5. The van der Waals surface area contributed by atoms with Gasteiger partial charge in [-0.3, -0.25) is 15.0 Å². The lowest BCUT2D eigenvalue weighted by Crippen LogP contribution is -2.64. The van der Waals surface area contributed by atoms with Crippen molar-refractivity contribution in [2.75, 3.05) is 20.2 Å². The minimum atomic E-state index is -0.698. The van der Waals surface area contributed by atoms with Crippen LogP contribution in [0.5, 0.6) is 5.75 Å². The highest BCUT2D eigenvalue weighted by Crippen LogP contribution is 2.49. The minimum Gasteiger partial charge on any atom is -0.496 e. The molecule has 0 amide bonds. The van der Waals surface area contributed by atoms with E-state index in [9.17, 15) is 9.90 Å². The Balaban J connectivity index is 1.63. The van der Waals surface area contributed by atoms with Crippen molar-refractivity contribution in [2.45, 2.75) is 37.9 Å². The zero-order chi connectivity index (χ0) is 24.4. The molecule has 3 aromatic rings. The number of nitrogens with zero attached hydrogens (tertiary/aromatic N) is 1. The van der Waals surface area contributed by atoms with Gasteiger partial charge in [0, 0.05) is 24.6 Å². The third kappa shape index (κ3) is 4.35. The molecule has 6 rings (SSSR count). The molecule has 3 aliphatic heterocycles. The van der Waals surface area contributed by atoms with Crippen LogP contribution in [0, 0.1) is 18.8 Å². The molecular formula is C30H34N2O3. The van der Waals surface area contributed by atoms with Gasteiger partial charge in [-0.25, -0.2) is 0 Å². The van der Waals surface area contributed by atoms with E-state index in [0.717, 1.165) is 30.8 Å². The molecule has 0 aromatic heterocycles. The van der Waals surface area contributed by atoms with Crippen molar-refractivity contribution in [2.24, 2.45) is 11.8 Å². The number of fused-ring (bicyclic) bond motifs is 3. The average molecular weight is 471 g/mol. The second-order valence-corrected chi connectivity index (χ2v) is 9.95. The van der Waals surface area contributed by atoms with E-state index in [1.54, 1.807) is 7.11 Å². The van der Waals surface area contributed by atoms with Gasteiger partial charge in [-0.2, -0.15) is 0 Å². The molecule has 0 saturated carbocycles. The number of methoxy groups -OCH3 is 1. The molecule has 0 spiro atoms. The molecular weight excluding hydrogens is 436 g/mol. The summed E-state index contributed by atoms with van der Waals surface area (Å²) < 4.78 is 5.70. The van der Waals surface area contributed by atoms with Gasteiger partial charge in [0.15, 0.2) is 0 Å². The van der Waals surface area contributed by atoms with Gasteiger partial charge in [0.25, 0.3) is 0 Å². The molecule has 3 fully saturated rings. The second-order valence-electron chi connectivity index (χ2n) is 9.95. The molecule has 3 aromatic carbocycles. The standard InChI is InChI=1S/C30H34N2O3/c1-21-13-14-28(35-2)23(17-21)19-31-30(24-9-5-3-6-10-24,25-11-7-4-8-12-25)26-20-32-16-15-22(26)18-27(32)29(33)34/h3-14,17,22,26-27,31H,15-16,18-20H2,1-2H3,(H,33,34)/t22-,26+,27?/m0/s1. The summed E-state index contributed by atoms with van der Waals surface area (Å²) in [4.78, 5) is 14.2. The normalized spacial score (nSPS) is 23.7. The highest BCUT2D eigenvalue weighted by molar-refractivity contribution is 5.74. The van der Waals surface area contributed by atoms with Gasteiger partial charge in [0.2, 0.25) is 0 Å². The van der Waals surface area contributed by atoms with Crippen LogP contribution < -0.4 is 10.1 Å². The quantitative estimate of drug-likeness (QED) is 0.494.